The SMILES string of the molecule is COc1cccc(C(=O)N2C(C(=O)N3CCOCC3)COC23CCCCC3)c1. The Bertz CT molecular complexity index is 725. The summed E-state index contributed by atoms with van der Waals surface area (Å²) >= 11 is 0. The molecule has 152 valence electrons. The monoisotopic (exact) mass is 388 g/mol. The van der Waals surface area contributed by atoms with Gasteiger partial charge in [-0.2, -0.15) is 0 Å². The van der Waals surface area contributed by atoms with Crippen molar-refractivity contribution in [3.05, 3.63) is 29.8 Å². The van der Waals surface area contributed by atoms with Gasteiger partial charge < -0.3 is 19.1 Å². The molecule has 3 fully saturated rings. The molecule has 1 atom stereocenters. The molecule has 3 aliphatic rings. The fourth-order valence-corrected chi connectivity index (χ4v) is 4.55. The molecule has 1 unspecified atom stereocenters. The highest BCUT2D eigenvalue weighted by atomic mass is 16.5. The number of benzene rings is 1. The Morgan fingerprint density at radius 1 is 1.14 bits per heavy atom. The Morgan fingerprint density at radius 2 is 1.89 bits per heavy atom. The van der Waals surface area contributed by atoms with Crippen molar-refractivity contribution in [2.45, 2.75) is 43.9 Å². The van der Waals surface area contributed by atoms with Crippen LogP contribution in [0.15, 0.2) is 24.3 Å². The van der Waals surface area contributed by atoms with Gasteiger partial charge in [-0.25, -0.2) is 0 Å². The third kappa shape index (κ3) is 3.49. The molecule has 1 aromatic rings. The minimum absolute atomic E-state index is 0.0398. The van der Waals surface area contributed by atoms with E-state index in [1.165, 1.54) is 0 Å². The van der Waals surface area contributed by atoms with Crippen molar-refractivity contribution in [3.63, 3.8) is 0 Å². The number of carbonyl (C=O) groups excluding carboxylic acids is 2. The number of ether oxygens (including phenoxy) is 3. The molecule has 0 radical (unpaired) electrons. The van der Waals surface area contributed by atoms with E-state index in [2.05, 4.69) is 0 Å². The summed E-state index contributed by atoms with van der Waals surface area (Å²) in [4.78, 5) is 30.4. The summed E-state index contributed by atoms with van der Waals surface area (Å²) in [5.74, 6) is 0.423. The number of nitrogens with zero attached hydrogens (tertiary/aromatic N) is 2. The predicted octanol–water partition coefficient (Wildman–Crippen LogP) is 2.06. The van der Waals surface area contributed by atoms with Crippen molar-refractivity contribution in [1.82, 2.24) is 9.80 Å². The molecule has 2 saturated heterocycles. The van der Waals surface area contributed by atoms with Gasteiger partial charge in [0, 0.05) is 18.7 Å². The van der Waals surface area contributed by atoms with Crippen LogP contribution in [0.2, 0.25) is 0 Å². The number of hydrogen-bond donors (Lipinski definition) is 0. The number of methoxy groups -OCH3 is 1. The highest BCUT2D eigenvalue weighted by Crippen LogP contribution is 2.42. The summed E-state index contributed by atoms with van der Waals surface area (Å²) in [6.07, 6.45) is 4.68. The second kappa shape index (κ2) is 8.09. The van der Waals surface area contributed by atoms with Crippen LogP contribution in [0.4, 0.5) is 0 Å². The van der Waals surface area contributed by atoms with Crippen LogP contribution in [0.25, 0.3) is 0 Å². The summed E-state index contributed by atoms with van der Waals surface area (Å²) < 4.78 is 16.9. The summed E-state index contributed by atoms with van der Waals surface area (Å²) in [5, 5.41) is 0. The zero-order chi connectivity index (χ0) is 19.6. The lowest BCUT2D eigenvalue weighted by atomic mass is 9.89. The van der Waals surface area contributed by atoms with Gasteiger partial charge in [0.1, 0.15) is 17.5 Å². The van der Waals surface area contributed by atoms with Gasteiger partial charge in [-0.05, 0) is 43.9 Å². The Kier molecular flexibility index (Phi) is 5.55. The van der Waals surface area contributed by atoms with Crippen molar-refractivity contribution in [1.29, 1.82) is 0 Å². The van der Waals surface area contributed by atoms with Gasteiger partial charge in [0.2, 0.25) is 5.91 Å². The molecule has 1 aliphatic carbocycles. The van der Waals surface area contributed by atoms with E-state index in [9.17, 15) is 9.59 Å². The average Bonchev–Trinajstić information content (AvgIpc) is 3.12. The summed E-state index contributed by atoms with van der Waals surface area (Å²) in [6, 6.07) is 6.53. The van der Waals surface area contributed by atoms with E-state index in [4.69, 9.17) is 14.2 Å². The molecule has 2 aliphatic heterocycles. The predicted molar refractivity (Wildman–Crippen MR) is 102 cm³/mol. The highest BCUT2D eigenvalue weighted by Gasteiger charge is 2.53. The van der Waals surface area contributed by atoms with Crippen LogP contribution in [-0.2, 0) is 14.3 Å². The Morgan fingerprint density at radius 3 is 2.61 bits per heavy atom. The minimum Gasteiger partial charge on any atom is -0.497 e. The summed E-state index contributed by atoms with van der Waals surface area (Å²) in [7, 11) is 1.58. The van der Waals surface area contributed by atoms with Gasteiger partial charge in [0.25, 0.3) is 5.91 Å². The maximum atomic E-state index is 13.6. The number of carbonyl (C=O) groups is 2. The zero-order valence-corrected chi connectivity index (χ0v) is 16.4. The molecule has 4 rings (SSSR count). The second-order valence-corrected chi connectivity index (χ2v) is 7.68. The molecule has 1 aromatic carbocycles. The Balaban J connectivity index is 1.65. The van der Waals surface area contributed by atoms with E-state index in [1.54, 1.807) is 35.1 Å². The molecule has 1 spiro atoms. The standard InChI is InChI=1S/C21H28N2O5/c1-26-17-7-5-6-16(14-17)19(24)23-18(20(25)22-10-12-27-13-11-22)15-28-21(23)8-3-2-4-9-21/h5-7,14,18H,2-4,8-13,15H2,1H3. The fraction of sp³-hybridized carbons (Fsp3) is 0.619. The van der Waals surface area contributed by atoms with Crippen molar-refractivity contribution in [2.75, 3.05) is 40.0 Å². The van der Waals surface area contributed by atoms with E-state index in [-0.39, 0.29) is 18.4 Å². The second-order valence-electron chi connectivity index (χ2n) is 7.68. The number of amides is 2. The lowest BCUT2D eigenvalue weighted by Crippen LogP contribution is -2.58. The van der Waals surface area contributed by atoms with Gasteiger partial charge in [0.05, 0.1) is 26.9 Å². The van der Waals surface area contributed by atoms with E-state index in [1.807, 2.05) is 6.07 Å². The molecule has 28 heavy (non-hydrogen) atoms. The van der Waals surface area contributed by atoms with Gasteiger partial charge >= 0.3 is 0 Å². The first-order valence-electron chi connectivity index (χ1n) is 10.1. The molecule has 7 heteroatoms. The van der Waals surface area contributed by atoms with Crippen LogP contribution in [0.1, 0.15) is 42.5 Å². The largest absolute Gasteiger partial charge is 0.497 e. The lowest BCUT2D eigenvalue weighted by molar-refractivity contribution is -0.141. The normalized spacial score (nSPS) is 24.4. The van der Waals surface area contributed by atoms with Crippen LogP contribution in [0.5, 0.6) is 5.75 Å². The van der Waals surface area contributed by atoms with Crippen LogP contribution in [-0.4, -0.2) is 73.4 Å². The van der Waals surface area contributed by atoms with Gasteiger partial charge in [-0.15, -0.1) is 0 Å². The number of hydrogen-bond acceptors (Lipinski definition) is 5. The van der Waals surface area contributed by atoms with E-state index < -0.39 is 11.8 Å². The molecule has 2 amide bonds. The van der Waals surface area contributed by atoms with Crippen molar-refractivity contribution in [3.8, 4) is 5.75 Å². The minimum atomic E-state index is -0.676. The third-order valence-corrected chi connectivity index (χ3v) is 6.04. The molecule has 2 heterocycles. The maximum Gasteiger partial charge on any atom is 0.257 e. The smallest absolute Gasteiger partial charge is 0.257 e. The lowest BCUT2D eigenvalue weighted by Gasteiger charge is -2.42. The Hall–Kier alpha value is -2.12. The average molecular weight is 388 g/mol. The zero-order valence-electron chi connectivity index (χ0n) is 16.4. The van der Waals surface area contributed by atoms with E-state index >= 15 is 0 Å². The van der Waals surface area contributed by atoms with Crippen LogP contribution in [0.3, 0.4) is 0 Å². The highest BCUT2D eigenvalue weighted by molar-refractivity contribution is 5.98. The van der Waals surface area contributed by atoms with Crippen molar-refractivity contribution >= 4 is 11.8 Å². The summed E-state index contributed by atoms with van der Waals surface area (Å²) in [6.45, 7) is 2.45. The topological polar surface area (TPSA) is 68.3 Å². The molecule has 0 aromatic heterocycles. The van der Waals surface area contributed by atoms with E-state index in [0.717, 1.165) is 32.1 Å². The van der Waals surface area contributed by atoms with E-state index in [0.29, 0.717) is 37.6 Å². The summed E-state index contributed by atoms with van der Waals surface area (Å²) in [5.41, 5.74) is -0.153. The Labute approximate surface area is 165 Å². The van der Waals surface area contributed by atoms with Gasteiger partial charge in [-0.1, -0.05) is 12.5 Å². The van der Waals surface area contributed by atoms with Crippen LogP contribution < -0.4 is 4.74 Å². The molecule has 0 N–H and O–H groups in total. The van der Waals surface area contributed by atoms with Gasteiger partial charge in [0.15, 0.2) is 0 Å². The first-order valence-corrected chi connectivity index (χ1v) is 10.1. The first kappa shape index (κ1) is 19.2. The van der Waals surface area contributed by atoms with Crippen LogP contribution in [0, 0.1) is 0 Å². The van der Waals surface area contributed by atoms with Crippen LogP contribution >= 0.6 is 0 Å². The maximum absolute atomic E-state index is 13.6. The quantitative estimate of drug-likeness (QED) is 0.793. The molecule has 7 nitrogen and oxygen atoms in total. The fourth-order valence-electron chi connectivity index (χ4n) is 4.55. The van der Waals surface area contributed by atoms with Gasteiger partial charge in [-0.3, -0.25) is 14.5 Å². The molecule has 0 bridgehead atoms. The molecular weight excluding hydrogens is 360 g/mol. The van der Waals surface area contributed by atoms with Crippen molar-refractivity contribution < 1.29 is 23.8 Å². The third-order valence-electron chi connectivity index (χ3n) is 6.04. The van der Waals surface area contributed by atoms with Crippen molar-refractivity contribution in [2.24, 2.45) is 0 Å². The molecular formula is C21H28N2O5. The molecule has 1 saturated carbocycles. The first-order chi connectivity index (χ1) is 13.6. The number of rotatable bonds is 3. The number of morpholine rings is 1.